The van der Waals surface area contributed by atoms with Gasteiger partial charge in [-0.1, -0.05) is 66.7 Å². The summed E-state index contributed by atoms with van der Waals surface area (Å²) >= 11 is 0. The maximum atomic E-state index is 13.9. The van der Waals surface area contributed by atoms with E-state index in [1.807, 2.05) is 6.07 Å². The van der Waals surface area contributed by atoms with Crippen LogP contribution in [0.25, 0.3) is 0 Å². The van der Waals surface area contributed by atoms with Gasteiger partial charge < -0.3 is 5.32 Å². The lowest BCUT2D eigenvalue weighted by Crippen LogP contribution is -2.46. The third kappa shape index (κ3) is 5.75. The number of likely N-dealkylation sites (tertiary alicyclic amines) is 1. The van der Waals surface area contributed by atoms with Crippen LogP contribution in [0.5, 0.6) is 0 Å². The summed E-state index contributed by atoms with van der Waals surface area (Å²) in [6, 6.07) is 25.5. The number of hydrogen-bond acceptors (Lipinski definition) is 3. The molecule has 3 heterocycles. The van der Waals surface area contributed by atoms with E-state index in [4.69, 9.17) is 0 Å². The van der Waals surface area contributed by atoms with Gasteiger partial charge in [0.05, 0.1) is 0 Å². The summed E-state index contributed by atoms with van der Waals surface area (Å²) in [4.78, 5) is 5.13. The Kier molecular flexibility index (Phi) is 7.69. The van der Waals surface area contributed by atoms with E-state index in [2.05, 4.69) is 75.8 Å². The van der Waals surface area contributed by atoms with Gasteiger partial charge in [-0.25, -0.2) is 4.39 Å². The zero-order valence-electron chi connectivity index (χ0n) is 20.1. The van der Waals surface area contributed by atoms with E-state index in [0.29, 0.717) is 6.04 Å². The van der Waals surface area contributed by atoms with Crippen molar-refractivity contribution in [2.24, 2.45) is 0 Å². The zero-order chi connectivity index (χ0) is 23.2. The number of hydrogen-bond donors (Lipinski definition) is 1. The quantitative estimate of drug-likeness (QED) is 0.585. The molecule has 1 N–H and O–H groups in total. The maximum absolute atomic E-state index is 13.9. The molecule has 0 atom stereocenters. The molecule has 3 aliphatic rings. The van der Waals surface area contributed by atoms with Crippen LogP contribution >= 0.6 is 0 Å². The lowest BCUT2D eigenvalue weighted by molar-refractivity contribution is 0.0944. The summed E-state index contributed by atoms with van der Waals surface area (Å²) in [6.07, 6.45) is 4.48. The van der Waals surface area contributed by atoms with Gasteiger partial charge in [0.2, 0.25) is 0 Å². The highest BCUT2D eigenvalue weighted by molar-refractivity contribution is 5.31. The molecule has 1 fully saturated rings. The molecule has 0 aliphatic carbocycles. The van der Waals surface area contributed by atoms with E-state index >= 15 is 0 Å². The van der Waals surface area contributed by atoms with Crippen molar-refractivity contribution in [2.75, 3.05) is 26.2 Å². The average Bonchev–Trinajstić information content (AvgIpc) is 2.90. The van der Waals surface area contributed by atoms with E-state index in [-0.39, 0.29) is 5.82 Å². The molecule has 3 aromatic carbocycles. The number of benzene rings is 3. The van der Waals surface area contributed by atoms with Crippen molar-refractivity contribution in [1.82, 2.24) is 15.1 Å². The Balaban J connectivity index is 0.000000200. The molecule has 6 rings (SSSR count). The number of nitrogens with zero attached hydrogens (tertiary/aromatic N) is 2. The van der Waals surface area contributed by atoms with Crippen molar-refractivity contribution in [2.45, 2.75) is 51.4 Å². The molecule has 178 valence electrons. The van der Waals surface area contributed by atoms with Crippen LogP contribution in [-0.2, 0) is 32.5 Å². The molecule has 34 heavy (non-hydrogen) atoms. The first-order chi connectivity index (χ1) is 16.8. The molecule has 0 aromatic heterocycles. The molecule has 3 nitrogen and oxygen atoms in total. The van der Waals surface area contributed by atoms with E-state index in [1.165, 1.54) is 41.5 Å². The summed E-state index contributed by atoms with van der Waals surface area (Å²) in [7, 11) is 0. The summed E-state index contributed by atoms with van der Waals surface area (Å²) in [5, 5.41) is 3.34. The summed E-state index contributed by atoms with van der Waals surface area (Å²) in [6.45, 7) is 7.47. The SMILES string of the molecule is Fc1cccc2c1CCN(C1CCN(Cc3ccccc3)CC1)C2.c1ccc2c(c1)CCNC2. The maximum Gasteiger partial charge on any atom is 0.126 e. The first-order valence-corrected chi connectivity index (χ1v) is 12.8. The predicted octanol–water partition coefficient (Wildman–Crippen LogP) is 5.18. The van der Waals surface area contributed by atoms with Crippen LogP contribution in [0.15, 0.2) is 72.8 Å². The van der Waals surface area contributed by atoms with Crippen LogP contribution in [0, 0.1) is 5.82 Å². The Hall–Kier alpha value is -2.53. The van der Waals surface area contributed by atoms with E-state index in [0.717, 1.165) is 57.8 Å². The Morgan fingerprint density at radius 1 is 0.765 bits per heavy atom. The summed E-state index contributed by atoms with van der Waals surface area (Å²) in [5.41, 5.74) is 6.51. The third-order valence-electron chi connectivity index (χ3n) is 7.57. The molecule has 0 amide bonds. The fourth-order valence-electron chi connectivity index (χ4n) is 5.60. The highest BCUT2D eigenvalue weighted by atomic mass is 19.1. The number of piperidine rings is 1. The van der Waals surface area contributed by atoms with Crippen LogP contribution < -0.4 is 5.32 Å². The largest absolute Gasteiger partial charge is 0.312 e. The van der Waals surface area contributed by atoms with Gasteiger partial charge in [-0.15, -0.1) is 0 Å². The van der Waals surface area contributed by atoms with Crippen LogP contribution in [0.4, 0.5) is 4.39 Å². The molecular formula is C30H36FN3. The number of nitrogens with one attached hydrogen (secondary N) is 1. The van der Waals surface area contributed by atoms with Crippen molar-refractivity contribution in [3.63, 3.8) is 0 Å². The molecule has 3 aliphatic heterocycles. The minimum absolute atomic E-state index is 0.0233. The van der Waals surface area contributed by atoms with Crippen molar-refractivity contribution >= 4 is 0 Å². The second-order valence-electron chi connectivity index (χ2n) is 9.79. The van der Waals surface area contributed by atoms with Gasteiger partial charge in [0.1, 0.15) is 5.82 Å². The van der Waals surface area contributed by atoms with Gasteiger partial charge in [-0.3, -0.25) is 9.80 Å². The summed E-state index contributed by atoms with van der Waals surface area (Å²) < 4.78 is 13.9. The Morgan fingerprint density at radius 2 is 1.50 bits per heavy atom. The summed E-state index contributed by atoms with van der Waals surface area (Å²) in [5.74, 6) is -0.0233. The van der Waals surface area contributed by atoms with E-state index in [9.17, 15) is 4.39 Å². The molecule has 0 bridgehead atoms. The topological polar surface area (TPSA) is 18.5 Å². The van der Waals surface area contributed by atoms with Gasteiger partial charge in [0.25, 0.3) is 0 Å². The fourth-order valence-corrected chi connectivity index (χ4v) is 5.60. The first-order valence-electron chi connectivity index (χ1n) is 12.8. The van der Waals surface area contributed by atoms with Gasteiger partial charge in [0.15, 0.2) is 0 Å². The van der Waals surface area contributed by atoms with Crippen LogP contribution in [0.2, 0.25) is 0 Å². The lowest BCUT2D eigenvalue weighted by Gasteiger charge is -2.40. The van der Waals surface area contributed by atoms with Crippen molar-refractivity contribution in [3.8, 4) is 0 Å². The van der Waals surface area contributed by atoms with Crippen molar-refractivity contribution < 1.29 is 4.39 Å². The number of halogens is 1. The Morgan fingerprint density at radius 3 is 2.29 bits per heavy atom. The first kappa shape index (κ1) is 23.2. The second-order valence-corrected chi connectivity index (χ2v) is 9.79. The Bertz CT molecular complexity index is 1030. The predicted molar refractivity (Wildman–Crippen MR) is 137 cm³/mol. The monoisotopic (exact) mass is 457 g/mol. The number of fused-ring (bicyclic) bond motifs is 2. The molecule has 4 heteroatoms. The van der Waals surface area contributed by atoms with Crippen LogP contribution in [0.1, 0.15) is 40.7 Å². The van der Waals surface area contributed by atoms with Crippen LogP contribution in [-0.4, -0.2) is 42.0 Å². The number of rotatable bonds is 3. The van der Waals surface area contributed by atoms with Gasteiger partial charge >= 0.3 is 0 Å². The zero-order valence-corrected chi connectivity index (χ0v) is 20.1. The third-order valence-corrected chi connectivity index (χ3v) is 7.57. The lowest BCUT2D eigenvalue weighted by atomic mass is 9.95. The second kappa shape index (κ2) is 11.3. The highest BCUT2D eigenvalue weighted by Crippen LogP contribution is 2.26. The van der Waals surface area contributed by atoms with Gasteiger partial charge in [0, 0.05) is 32.2 Å². The molecular weight excluding hydrogens is 421 g/mol. The van der Waals surface area contributed by atoms with E-state index in [1.54, 1.807) is 6.07 Å². The fraction of sp³-hybridized carbons (Fsp3) is 0.400. The molecule has 1 saturated heterocycles. The van der Waals surface area contributed by atoms with Gasteiger partial charge in [-0.2, -0.15) is 0 Å². The highest BCUT2D eigenvalue weighted by Gasteiger charge is 2.28. The van der Waals surface area contributed by atoms with Gasteiger partial charge in [-0.05, 0) is 79.2 Å². The smallest absolute Gasteiger partial charge is 0.126 e. The Labute approximate surface area is 203 Å². The minimum Gasteiger partial charge on any atom is -0.312 e. The molecule has 0 spiro atoms. The van der Waals surface area contributed by atoms with Crippen molar-refractivity contribution in [3.05, 3.63) is 106 Å². The molecule has 3 aromatic rings. The van der Waals surface area contributed by atoms with E-state index < -0.39 is 0 Å². The molecule has 0 saturated carbocycles. The average molecular weight is 458 g/mol. The minimum atomic E-state index is -0.0233. The van der Waals surface area contributed by atoms with Crippen LogP contribution in [0.3, 0.4) is 0 Å². The standard InChI is InChI=1S/C21H25FN2.C9H11N/c22-21-8-4-7-18-16-24(14-11-20(18)21)19-9-12-23(13-10-19)15-17-5-2-1-3-6-17;1-2-4-9-7-10-6-5-8(9)3-1/h1-8,19H,9-16H2;1-4,10H,5-7H2. The molecule has 0 radical (unpaired) electrons. The van der Waals surface area contributed by atoms with Crippen molar-refractivity contribution in [1.29, 1.82) is 0 Å². The molecule has 0 unspecified atom stereocenters. The normalized spacial score (nSPS) is 19.0.